The van der Waals surface area contributed by atoms with Gasteiger partial charge in [-0.05, 0) is 38.4 Å². The van der Waals surface area contributed by atoms with Gasteiger partial charge in [0.2, 0.25) is 5.91 Å². The van der Waals surface area contributed by atoms with Gasteiger partial charge in [0.15, 0.2) is 0 Å². The van der Waals surface area contributed by atoms with Crippen molar-refractivity contribution in [2.24, 2.45) is 0 Å². The Morgan fingerprint density at radius 2 is 1.61 bits per heavy atom. The minimum absolute atomic E-state index is 0.0545. The van der Waals surface area contributed by atoms with Crippen LogP contribution in [0.4, 0.5) is 5.69 Å². The Hall–Kier alpha value is -1.88. The Kier molecular flexibility index (Phi) is 4.85. The van der Waals surface area contributed by atoms with Gasteiger partial charge in [0, 0.05) is 25.3 Å². The molecule has 0 aliphatic carbocycles. The third-order valence-corrected chi connectivity index (χ3v) is 2.28. The van der Waals surface area contributed by atoms with Gasteiger partial charge in [-0.15, -0.1) is 0 Å². The van der Waals surface area contributed by atoms with Crippen LogP contribution < -0.4 is 5.32 Å². The van der Waals surface area contributed by atoms with Gasteiger partial charge >= 0.3 is 0 Å². The number of hydrogen-bond acceptors (Lipinski definition) is 3. The van der Waals surface area contributed by atoms with Crippen LogP contribution in [0.3, 0.4) is 0 Å². The van der Waals surface area contributed by atoms with E-state index in [2.05, 4.69) is 5.32 Å². The lowest BCUT2D eigenvalue weighted by Crippen LogP contribution is -2.27. The molecule has 0 heterocycles. The van der Waals surface area contributed by atoms with E-state index in [4.69, 9.17) is 0 Å². The van der Waals surface area contributed by atoms with Crippen molar-refractivity contribution in [3.8, 4) is 0 Å². The zero-order chi connectivity index (χ0) is 13.7. The molecular weight excluding hydrogens is 230 g/mol. The Bertz CT molecular complexity index is 424. The summed E-state index contributed by atoms with van der Waals surface area (Å²) < 4.78 is 0. The number of rotatable bonds is 4. The highest BCUT2D eigenvalue weighted by atomic mass is 16.2. The summed E-state index contributed by atoms with van der Waals surface area (Å²) in [5.41, 5.74) is 1.29. The van der Waals surface area contributed by atoms with Crippen molar-refractivity contribution >= 4 is 17.5 Å². The summed E-state index contributed by atoms with van der Waals surface area (Å²) in [6.45, 7) is 0.332. The first-order valence-electron chi connectivity index (χ1n) is 5.66. The summed E-state index contributed by atoms with van der Waals surface area (Å²) in [6.07, 6.45) is 0. The first-order valence-corrected chi connectivity index (χ1v) is 5.66. The number of nitrogens with one attached hydrogen (secondary N) is 1. The number of hydrogen-bond donors (Lipinski definition) is 1. The first kappa shape index (κ1) is 14.2. The predicted octanol–water partition coefficient (Wildman–Crippen LogP) is 0.888. The molecule has 0 radical (unpaired) electrons. The fraction of sp³-hybridized carbons (Fsp3) is 0.385. The van der Waals surface area contributed by atoms with Crippen molar-refractivity contribution in [2.75, 3.05) is 40.1 Å². The van der Waals surface area contributed by atoms with Gasteiger partial charge in [0.25, 0.3) is 5.91 Å². The molecule has 0 fully saturated rings. The molecule has 0 aliphatic heterocycles. The van der Waals surface area contributed by atoms with Crippen LogP contribution in [-0.4, -0.2) is 56.3 Å². The minimum Gasteiger partial charge on any atom is -0.345 e. The molecule has 2 amide bonds. The number of nitrogens with zero attached hydrogens (tertiary/aromatic N) is 2. The van der Waals surface area contributed by atoms with Crippen molar-refractivity contribution in [2.45, 2.75) is 0 Å². The lowest BCUT2D eigenvalue weighted by atomic mass is 10.2. The molecule has 0 atom stereocenters. The quantitative estimate of drug-likeness (QED) is 0.862. The van der Waals surface area contributed by atoms with Crippen LogP contribution in [0.5, 0.6) is 0 Å². The number of carbonyl (C=O) groups excluding carboxylic acids is 2. The SMILES string of the molecule is CN(C)CC(=O)Nc1ccc(C(=O)N(C)C)cc1. The minimum atomic E-state index is -0.0771. The van der Waals surface area contributed by atoms with Crippen LogP contribution >= 0.6 is 0 Å². The van der Waals surface area contributed by atoms with Crippen molar-refractivity contribution < 1.29 is 9.59 Å². The van der Waals surface area contributed by atoms with Crippen LogP contribution in [0.25, 0.3) is 0 Å². The van der Waals surface area contributed by atoms with E-state index in [-0.39, 0.29) is 11.8 Å². The van der Waals surface area contributed by atoms with Gasteiger partial charge in [-0.1, -0.05) is 0 Å². The van der Waals surface area contributed by atoms with E-state index >= 15 is 0 Å². The van der Waals surface area contributed by atoms with E-state index < -0.39 is 0 Å². The highest BCUT2D eigenvalue weighted by molar-refractivity contribution is 5.95. The van der Waals surface area contributed by atoms with E-state index in [0.717, 1.165) is 0 Å². The molecule has 0 saturated carbocycles. The number of carbonyl (C=O) groups is 2. The molecule has 5 heteroatoms. The fourth-order valence-electron chi connectivity index (χ4n) is 1.44. The maximum absolute atomic E-state index is 11.7. The summed E-state index contributed by atoms with van der Waals surface area (Å²) in [6, 6.07) is 6.86. The molecule has 0 aliphatic rings. The lowest BCUT2D eigenvalue weighted by Gasteiger charge is -2.12. The fourth-order valence-corrected chi connectivity index (χ4v) is 1.44. The molecule has 1 aromatic carbocycles. The number of amides is 2. The van der Waals surface area contributed by atoms with Crippen LogP contribution in [0, 0.1) is 0 Å². The van der Waals surface area contributed by atoms with Gasteiger partial charge in [0.05, 0.1) is 6.54 Å². The predicted molar refractivity (Wildman–Crippen MR) is 71.6 cm³/mol. The van der Waals surface area contributed by atoms with Crippen molar-refractivity contribution in [3.63, 3.8) is 0 Å². The topological polar surface area (TPSA) is 52.7 Å². The van der Waals surface area contributed by atoms with Crippen LogP contribution in [0.1, 0.15) is 10.4 Å². The van der Waals surface area contributed by atoms with Gasteiger partial charge in [-0.25, -0.2) is 0 Å². The summed E-state index contributed by atoms with van der Waals surface area (Å²) in [5.74, 6) is -0.132. The highest BCUT2D eigenvalue weighted by Crippen LogP contribution is 2.10. The van der Waals surface area contributed by atoms with Gasteiger partial charge < -0.3 is 15.1 Å². The molecular formula is C13H19N3O2. The second kappa shape index (κ2) is 6.16. The van der Waals surface area contributed by atoms with Gasteiger partial charge in [-0.2, -0.15) is 0 Å². The van der Waals surface area contributed by atoms with Crippen molar-refractivity contribution in [3.05, 3.63) is 29.8 Å². The average Bonchev–Trinajstić information content (AvgIpc) is 2.27. The summed E-state index contributed by atoms with van der Waals surface area (Å²) >= 11 is 0. The van der Waals surface area contributed by atoms with Crippen LogP contribution in [0.2, 0.25) is 0 Å². The van der Waals surface area contributed by atoms with E-state index in [1.807, 2.05) is 14.1 Å². The molecule has 1 N–H and O–H groups in total. The van der Waals surface area contributed by atoms with Gasteiger partial charge in [0.1, 0.15) is 0 Å². The van der Waals surface area contributed by atoms with Crippen molar-refractivity contribution in [1.82, 2.24) is 9.80 Å². The molecule has 0 bridgehead atoms. The standard InChI is InChI=1S/C13H19N3O2/c1-15(2)9-12(17)14-11-7-5-10(6-8-11)13(18)16(3)4/h5-8H,9H2,1-4H3,(H,14,17). The Morgan fingerprint density at radius 1 is 1.06 bits per heavy atom. The molecule has 0 unspecified atom stereocenters. The molecule has 1 rings (SSSR count). The summed E-state index contributed by atoms with van der Waals surface area (Å²) in [4.78, 5) is 26.5. The second-order valence-electron chi connectivity index (χ2n) is 4.56. The Morgan fingerprint density at radius 3 is 2.06 bits per heavy atom. The van der Waals surface area contributed by atoms with E-state index in [0.29, 0.717) is 17.8 Å². The van der Waals surface area contributed by atoms with Crippen LogP contribution in [-0.2, 0) is 4.79 Å². The van der Waals surface area contributed by atoms with Crippen molar-refractivity contribution in [1.29, 1.82) is 0 Å². The zero-order valence-corrected chi connectivity index (χ0v) is 11.2. The maximum atomic E-state index is 11.7. The molecule has 1 aromatic rings. The third kappa shape index (κ3) is 4.18. The number of anilines is 1. The Balaban J connectivity index is 2.66. The van der Waals surface area contributed by atoms with E-state index in [1.54, 1.807) is 43.3 Å². The zero-order valence-electron chi connectivity index (χ0n) is 11.2. The molecule has 18 heavy (non-hydrogen) atoms. The highest BCUT2D eigenvalue weighted by Gasteiger charge is 2.08. The third-order valence-electron chi connectivity index (χ3n) is 2.28. The maximum Gasteiger partial charge on any atom is 0.253 e. The van der Waals surface area contributed by atoms with Gasteiger partial charge in [-0.3, -0.25) is 9.59 Å². The Labute approximate surface area is 107 Å². The smallest absolute Gasteiger partial charge is 0.253 e. The largest absolute Gasteiger partial charge is 0.345 e. The van der Waals surface area contributed by atoms with Crippen LogP contribution in [0.15, 0.2) is 24.3 Å². The average molecular weight is 249 g/mol. The van der Waals surface area contributed by atoms with E-state index in [1.165, 1.54) is 4.90 Å². The monoisotopic (exact) mass is 249 g/mol. The molecule has 0 spiro atoms. The number of likely N-dealkylation sites (N-methyl/N-ethyl adjacent to an activating group) is 1. The number of benzene rings is 1. The lowest BCUT2D eigenvalue weighted by molar-refractivity contribution is -0.116. The first-order chi connectivity index (χ1) is 8.40. The molecule has 5 nitrogen and oxygen atoms in total. The second-order valence-corrected chi connectivity index (χ2v) is 4.56. The normalized spacial score (nSPS) is 10.3. The molecule has 0 aromatic heterocycles. The molecule has 0 saturated heterocycles. The van der Waals surface area contributed by atoms with E-state index in [9.17, 15) is 9.59 Å². The summed E-state index contributed by atoms with van der Waals surface area (Å²) in [5, 5.41) is 2.76. The molecule has 98 valence electrons. The summed E-state index contributed by atoms with van der Waals surface area (Å²) in [7, 11) is 7.07.